The number of hydrogen-bond acceptors (Lipinski definition) is 4. The Balaban J connectivity index is 1.60. The first-order valence-corrected chi connectivity index (χ1v) is 7.26. The lowest BCUT2D eigenvalue weighted by atomic mass is 10.2. The third kappa shape index (κ3) is 2.88. The van der Waals surface area contributed by atoms with Gasteiger partial charge in [-0.1, -0.05) is 0 Å². The molecule has 1 saturated carbocycles. The molecule has 1 aliphatic carbocycles. The van der Waals surface area contributed by atoms with E-state index in [2.05, 4.69) is 5.32 Å². The quantitative estimate of drug-likeness (QED) is 0.883. The molecule has 0 saturated heterocycles. The number of carbonyl (C=O) groups is 1. The van der Waals surface area contributed by atoms with Crippen LogP contribution in [-0.4, -0.2) is 17.6 Å². The van der Waals surface area contributed by atoms with E-state index in [4.69, 9.17) is 4.42 Å². The second-order valence-corrected chi connectivity index (χ2v) is 5.53. The van der Waals surface area contributed by atoms with Crippen LogP contribution in [0.15, 0.2) is 33.4 Å². The Bertz CT molecular complexity index is 557. The van der Waals surface area contributed by atoms with Gasteiger partial charge in [0.05, 0.1) is 6.54 Å². The molecule has 5 heteroatoms. The third-order valence-corrected chi connectivity index (χ3v) is 3.86. The Morgan fingerprint density at radius 3 is 3.00 bits per heavy atom. The van der Waals surface area contributed by atoms with Gasteiger partial charge in [-0.3, -0.25) is 4.79 Å². The van der Waals surface area contributed by atoms with Crippen molar-refractivity contribution in [2.24, 2.45) is 5.92 Å². The first-order chi connectivity index (χ1) is 9.24. The molecule has 2 aromatic heterocycles. The van der Waals surface area contributed by atoms with Gasteiger partial charge in [0, 0.05) is 16.9 Å². The highest BCUT2D eigenvalue weighted by atomic mass is 32.1. The van der Waals surface area contributed by atoms with Crippen LogP contribution in [0.25, 0.3) is 11.3 Å². The van der Waals surface area contributed by atoms with Crippen LogP contribution in [0, 0.1) is 5.92 Å². The number of amides is 1. The molecule has 100 valence electrons. The van der Waals surface area contributed by atoms with Crippen LogP contribution in [0.1, 0.15) is 24.7 Å². The van der Waals surface area contributed by atoms with Crippen molar-refractivity contribution in [1.82, 2.24) is 5.32 Å². The first-order valence-electron chi connectivity index (χ1n) is 6.32. The molecule has 0 radical (unpaired) electrons. The molecule has 2 N–H and O–H groups in total. The van der Waals surface area contributed by atoms with Gasteiger partial charge in [-0.25, -0.2) is 0 Å². The van der Waals surface area contributed by atoms with E-state index in [9.17, 15) is 9.90 Å². The zero-order chi connectivity index (χ0) is 13.2. The molecule has 0 aromatic carbocycles. The summed E-state index contributed by atoms with van der Waals surface area (Å²) >= 11 is 1.60. The predicted octanol–water partition coefficient (Wildman–Crippen LogP) is 2.57. The van der Waals surface area contributed by atoms with E-state index >= 15 is 0 Å². The SMILES string of the molecule is O=C(NC[C@@H](O)c1ccc(-c2ccsc2)o1)C1CC1. The van der Waals surface area contributed by atoms with Crippen molar-refractivity contribution in [2.75, 3.05) is 6.54 Å². The summed E-state index contributed by atoms with van der Waals surface area (Å²) in [5, 5.41) is 16.7. The molecule has 0 spiro atoms. The minimum atomic E-state index is -0.796. The van der Waals surface area contributed by atoms with Crippen LogP contribution in [0.5, 0.6) is 0 Å². The van der Waals surface area contributed by atoms with E-state index in [-0.39, 0.29) is 18.4 Å². The minimum absolute atomic E-state index is 0.0312. The van der Waals surface area contributed by atoms with Gasteiger partial charge in [0.15, 0.2) is 0 Å². The number of rotatable bonds is 5. The smallest absolute Gasteiger partial charge is 0.223 e. The van der Waals surface area contributed by atoms with Gasteiger partial charge in [-0.05, 0) is 36.4 Å². The number of thiophene rings is 1. The van der Waals surface area contributed by atoms with E-state index in [1.165, 1.54) is 0 Å². The first kappa shape index (κ1) is 12.4. The lowest BCUT2D eigenvalue weighted by Gasteiger charge is -2.09. The summed E-state index contributed by atoms with van der Waals surface area (Å²) in [4.78, 5) is 11.5. The molecule has 0 bridgehead atoms. The molecular weight excluding hydrogens is 262 g/mol. The maximum Gasteiger partial charge on any atom is 0.223 e. The summed E-state index contributed by atoms with van der Waals surface area (Å²) in [5.41, 5.74) is 1.01. The second-order valence-electron chi connectivity index (χ2n) is 4.75. The Morgan fingerprint density at radius 1 is 1.47 bits per heavy atom. The van der Waals surface area contributed by atoms with Crippen molar-refractivity contribution in [3.05, 3.63) is 34.7 Å². The van der Waals surface area contributed by atoms with Gasteiger partial charge in [-0.2, -0.15) is 11.3 Å². The van der Waals surface area contributed by atoms with Crippen molar-refractivity contribution in [2.45, 2.75) is 18.9 Å². The Kier molecular flexibility index (Phi) is 3.40. The average Bonchev–Trinajstić information content (AvgIpc) is 2.94. The molecule has 2 aromatic rings. The topological polar surface area (TPSA) is 62.5 Å². The van der Waals surface area contributed by atoms with Gasteiger partial charge >= 0.3 is 0 Å². The fourth-order valence-corrected chi connectivity index (χ4v) is 2.52. The Labute approximate surface area is 115 Å². The molecule has 1 atom stereocenters. The van der Waals surface area contributed by atoms with E-state index < -0.39 is 6.10 Å². The van der Waals surface area contributed by atoms with Gasteiger partial charge in [0.2, 0.25) is 5.91 Å². The number of carbonyl (C=O) groups excluding carboxylic acids is 1. The minimum Gasteiger partial charge on any atom is -0.458 e. The number of aliphatic hydroxyl groups is 1. The lowest BCUT2D eigenvalue weighted by Crippen LogP contribution is -2.29. The molecule has 1 amide bonds. The van der Waals surface area contributed by atoms with Crippen LogP contribution < -0.4 is 5.32 Å². The third-order valence-electron chi connectivity index (χ3n) is 3.18. The molecule has 0 aliphatic heterocycles. The van der Waals surface area contributed by atoms with Crippen LogP contribution in [0.2, 0.25) is 0 Å². The molecule has 0 unspecified atom stereocenters. The van der Waals surface area contributed by atoms with Gasteiger partial charge < -0.3 is 14.8 Å². The number of hydrogen-bond donors (Lipinski definition) is 2. The predicted molar refractivity (Wildman–Crippen MR) is 72.7 cm³/mol. The Hall–Kier alpha value is -1.59. The highest BCUT2D eigenvalue weighted by molar-refractivity contribution is 7.08. The van der Waals surface area contributed by atoms with E-state index in [0.717, 1.165) is 24.2 Å². The zero-order valence-corrected chi connectivity index (χ0v) is 11.2. The van der Waals surface area contributed by atoms with Crippen molar-refractivity contribution in [3.8, 4) is 11.3 Å². The average molecular weight is 277 g/mol. The molecule has 19 heavy (non-hydrogen) atoms. The van der Waals surface area contributed by atoms with Crippen molar-refractivity contribution in [3.63, 3.8) is 0 Å². The number of aliphatic hydroxyl groups excluding tert-OH is 1. The van der Waals surface area contributed by atoms with Crippen molar-refractivity contribution < 1.29 is 14.3 Å². The van der Waals surface area contributed by atoms with E-state index in [1.54, 1.807) is 17.4 Å². The summed E-state index contributed by atoms with van der Waals surface area (Å²) in [6.45, 7) is 0.200. The summed E-state index contributed by atoms with van der Waals surface area (Å²) in [5.74, 6) is 1.41. The maximum atomic E-state index is 11.5. The fraction of sp³-hybridized carbons (Fsp3) is 0.357. The van der Waals surface area contributed by atoms with E-state index in [0.29, 0.717) is 5.76 Å². The highest BCUT2D eigenvalue weighted by Crippen LogP contribution is 2.29. The van der Waals surface area contributed by atoms with Gasteiger partial charge in [0.1, 0.15) is 17.6 Å². The number of furan rings is 1. The van der Waals surface area contributed by atoms with Crippen LogP contribution >= 0.6 is 11.3 Å². The van der Waals surface area contributed by atoms with Crippen molar-refractivity contribution in [1.29, 1.82) is 0 Å². The molecule has 1 aliphatic rings. The van der Waals surface area contributed by atoms with Gasteiger partial charge in [-0.15, -0.1) is 0 Å². The molecule has 2 heterocycles. The van der Waals surface area contributed by atoms with Crippen LogP contribution in [0.4, 0.5) is 0 Å². The molecule has 4 nitrogen and oxygen atoms in total. The largest absolute Gasteiger partial charge is 0.458 e. The van der Waals surface area contributed by atoms with Crippen molar-refractivity contribution >= 4 is 17.2 Å². The molecule has 1 fully saturated rings. The van der Waals surface area contributed by atoms with Crippen LogP contribution in [0.3, 0.4) is 0 Å². The fourth-order valence-electron chi connectivity index (χ4n) is 1.88. The summed E-state index contributed by atoms with van der Waals surface area (Å²) < 4.78 is 5.60. The van der Waals surface area contributed by atoms with E-state index in [1.807, 2.05) is 22.9 Å². The standard InChI is InChI=1S/C14H15NO3S/c16-11(7-15-14(17)9-1-2-9)13-4-3-12(18-13)10-5-6-19-8-10/h3-6,8-9,11,16H,1-2,7H2,(H,15,17)/t11-/m1/s1. The summed E-state index contributed by atoms with van der Waals surface area (Å²) in [6, 6.07) is 5.55. The second kappa shape index (κ2) is 5.19. The number of nitrogens with one attached hydrogen (secondary N) is 1. The normalized spacial score (nSPS) is 16.3. The molecule has 3 rings (SSSR count). The maximum absolute atomic E-state index is 11.5. The molecular formula is C14H15NO3S. The van der Waals surface area contributed by atoms with Crippen LogP contribution in [-0.2, 0) is 4.79 Å². The summed E-state index contributed by atoms with van der Waals surface area (Å²) in [6.07, 6.45) is 1.13. The lowest BCUT2D eigenvalue weighted by molar-refractivity contribution is -0.122. The van der Waals surface area contributed by atoms with Gasteiger partial charge in [0.25, 0.3) is 0 Å². The zero-order valence-electron chi connectivity index (χ0n) is 10.3. The summed E-state index contributed by atoms with van der Waals surface area (Å²) in [7, 11) is 0. The monoisotopic (exact) mass is 277 g/mol. The highest BCUT2D eigenvalue weighted by Gasteiger charge is 2.29. The Morgan fingerprint density at radius 2 is 2.32 bits per heavy atom.